The van der Waals surface area contributed by atoms with Gasteiger partial charge in [-0.05, 0) is 20.8 Å². The first-order valence-corrected chi connectivity index (χ1v) is 7.23. The van der Waals surface area contributed by atoms with Crippen molar-refractivity contribution < 1.29 is 0 Å². The predicted molar refractivity (Wildman–Crippen MR) is 78.3 cm³/mol. The van der Waals surface area contributed by atoms with Crippen LogP contribution in [0.5, 0.6) is 0 Å². The maximum Gasteiger partial charge on any atom is 0.147 e. The molecule has 0 aliphatic heterocycles. The smallest absolute Gasteiger partial charge is 0.147 e. The lowest BCUT2D eigenvalue weighted by atomic mass is 10.3. The Kier molecular flexibility index (Phi) is 4.89. The Morgan fingerprint density at radius 3 is 2.75 bits per heavy atom. The van der Waals surface area contributed by atoms with Crippen molar-refractivity contribution >= 4 is 0 Å². The molecule has 0 amide bonds. The minimum Gasteiger partial charge on any atom is -0.333 e. The van der Waals surface area contributed by atoms with Crippen LogP contribution in [-0.4, -0.2) is 30.4 Å². The number of hydrogen-bond donors (Lipinski definition) is 1. The van der Waals surface area contributed by atoms with Gasteiger partial charge in [0.15, 0.2) is 0 Å². The van der Waals surface area contributed by atoms with Crippen LogP contribution < -0.4 is 5.32 Å². The first-order valence-electron chi connectivity index (χ1n) is 7.23. The van der Waals surface area contributed by atoms with Crippen molar-refractivity contribution in [2.75, 3.05) is 0 Å². The normalized spacial score (nSPS) is 13.1. The third kappa shape index (κ3) is 3.45. The number of nitrogens with one attached hydrogen (secondary N) is 1. The Balaban J connectivity index is 1.89. The van der Waals surface area contributed by atoms with Crippen LogP contribution in [0.2, 0.25) is 0 Å². The second-order valence-corrected chi connectivity index (χ2v) is 5.38. The summed E-state index contributed by atoms with van der Waals surface area (Å²) >= 11 is 0. The van der Waals surface area contributed by atoms with Crippen LogP contribution in [0, 0.1) is 0 Å². The highest BCUT2D eigenvalue weighted by molar-refractivity contribution is 4.93. The molecular weight excluding hydrogens is 252 g/mol. The molecule has 1 N–H and O–H groups in total. The van der Waals surface area contributed by atoms with Gasteiger partial charge in [-0.15, -0.1) is 10.2 Å². The molecule has 0 bridgehead atoms. The fourth-order valence-electron chi connectivity index (χ4n) is 2.27. The van der Waals surface area contributed by atoms with Gasteiger partial charge in [0.1, 0.15) is 18.0 Å². The van der Waals surface area contributed by atoms with Gasteiger partial charge in [-0.2, -0.15) is 0 Å². The molecule has 20 heavy (non-hydrogen) atoms. The second kappa shape index (κ2) is 6.65. The summed E-state index contributed by atoms with van der Waals surface area (Å²) in [5.41, 5.74) is 0. The predicted octanol–water partition coefficient (Wildman–Crippen LogP) is 1.80. The van der Waals surface area contributed by atoms with Crippen LogP contribution >= 0.6 is 0 Å². The summed E-state index contributed by atoms with van der Waals surface area (Å²) in [6.45, 7) is 10.2. The van der Waals surface area contributed by atoms with E-state index in [0.717, 1.165) is 31.2 Å². The van der Waals surface area contributed by atoms with Gasteiger partial charge in [0.05, 0.1) is 6.54 Å². The first-order chi connectivity index (χ1) is 9.61. The van der Waals surface area contributed by atoms with Crippen molar-refractivity contribution in [3.63, 3.8) is 0 Å². The van der Waals surface area contributed by atoms with E-state index in [0.29, 0.717) is 12.1 Å². The molecule has 0 saturated heterocycles. The number of rotatable bonds is 7. The molecule has 2 rings (SSSR count). The van der Waals surface area contributed by atoms with Crippen molar-refractivity contribution in [2.45, 2.75) is 59.3 Å². The minimum atomic E-state index is 0.354. The third-order valence-corrected chi connectivity index (χ3v) is 3.40. The number of imidazole rings is 1. The van der Waals surface area contributed by atoms with Gasteiger partial charge in [0.25, 0.3) is 0 Å². The average Bonchev–Trinajstić information content (AvgIpc) is 3.04. The van der Waals surface area contributed by atoms with Gasteiger partial charge in [0, 0.05) is 37.4 Å². The Bertz CT molecular complexity index is 527. The molecule has 110 valence electrons. The van der Waals surface area contributed by atoms with Gasteiger partial charge in [-0.3, -0.25) is 0 Å². The van der Waals surface area contributed by atoms with Crippen molar-refractivity contribution in [1.29, 1.82) is 0 Å². The summed E-state index contributed by atoms with van der Waals surface area (Å²) in [6, 6.07) is 0.740. The monoisotopic (exact) mass is 276 g/mol. The highest BCUT2D eigenvalue weighted by Gasteiger charge is 2.10. The largest absolute Gasteiger partial charge is 0.333 e. The molecule has 2 heterocycles. The van der Waals surface area contributed by atoms with Gasteiger partial charge in [0.2, 0.25) is 0 Å². The number of aromatic nitrogens is 5. The molecule has 0 aromatic carbocycles. The number of nitrogens with zero attached hydrogens (tertiary/aromatic N) is 5. The number of hydrogen-bond acceptors (Lipinski definition) is 4. The third-order valence-electron chi connectivity index (χ3n) is 3.40. The summed E-state index contributed by atoms with van der Waals surface area (Å²) in [6.07, 6.45) is 6.65. The Labute approximate surface area is 120 Å². The van der Waals surface area contributed by atoms with Crippen LogP contribution in [0.25, 0.3) is 0 Å². The molecule has 6 nitrogen and oxygen atoms in total. The lowest BCUT2D eigenvalue weighted by molar-refractivity contribution is 0.448. The van der Waals surface area contributed by atoms with Crippen molar-refractivity contribution in [3.05, 3.63) is 30.4 Å². The molecule has 0 spiro atoms. The van der Waals surface area contributed by atoms with Crippen LogP contribution in [0.3, 0.4) is 0 Å². The van der Waals surface area contributed by atoms with Crippen LogP contribution in [0.1, 0.15) is 45.4 Å². The quantitative estimate of drug-likeness (QED) is 0.837. The van der Waals surface area contributed by atoms with E-state index in [9.17, 15) is 0 Å². The van der Waals surface area contributed by atoms with Crippen molar-refractivity contribution in [2.24, 2.45) is 0 Å². The summed E-state index contributed by atoms with van der Waals surface area (Å²) in [4.78, 5) is 4.34. The topological polar surface area (TPSA) is 60.6 Å². The van der Waals surface area contributed by atoms with Crippen LogP contribution in [-0.2, 0) is 19.5 Å². The SMILES string of the molecule is CCc1nccn1C[C@@H](C)NCc1nncn1C(C)C. The van der Waals surface area contributed by atoms with E-state index in [1.54, 1.807) is 6.33 Å². The molecule has 0 radical (unpaired) electrons. The molecule has 0 aliphatic rings. The van der Waals surface area contributed by atoms with Crippen molar-refractivity contribution in [1.82, 2.24) is 29.6 Å². The lowest BCUT2D eigenvalue weighted by Gasteiger charge is -2.17. The zero-order chi connectivity index (χ0) is 14.5. The first kappa shape index (κ1) is 14.7. The molecule has 0 unspecified atom stereocenters. The summed E-state index contributed by atoms with van der Waals surface area (Å²) < 4.78 is 4.29. The molecule has 0 saturated carbocycles. The van der Waals surface area contributed by atoms with E-state index in [1.165, 1.54) is 0 Å². The van der Waals surface area contributed by atoms with Gasteiger partial charge in [-0.1, -0.05) is 6.92 Å². The molecule has 1 atom stereocenters. The Morgan fingerprint density at radius 1 is 1.25 bits per heavy atom. The van der Waals surface area contributed by atoms with Crippen molar-refractivity contribution in [3.8, 4) is 0 Å². The summed E-state index contributed by atoms with van der Waals surface area (Å²) in [5, 5.41) is 11.7. The van der Waals surface area contributed by atoms with Gasteiger partial charge < -0.3 is 14.5 Å². The van der Waals surface area contributed by atoms with E-state index in [2.05, 4.69) is 57.3 Å². The highest BCUT2D eigenvalue weighted by atomic mass is 15.3. The maximum absolute atomic E-state index is 4.34. The molecule has 0 fully saturated rings. The zero-order valence-corrected chi connectivity index (χ0v) is 12.7. The van der Waals surface area contributed by atoms with Crippen LogP contribution in [0.15, 0.2) is 18.7 Å². The molecule has 2 aromatic heterocycles. The van der Waals surface area contributed by atoms with Crippen LogP contribution in [0.4, 0.5) is 0 Å². The van der Waals surface area contributed by atoms with E-state index >= 15 is 0 Å². The fourth-order valence-corrected chi connectivity index (χ4v) is 2.27. The number of aryl methyl sites for hydroxylation is 1. The molecule has 2 aromatic rings. The molecule has 0 aliphatic carbocycles. The second-order valence-electron chi connectivity index (χ2n) is 5.38. The average molecular weight is 276 g/mol. The highest BCUT2D eigenvalue weighted by Crippen LogP contribution is 2.07. The summed E-state index contributed by atoms with van der Waals surface area (Å²) in [5.74, 6) is 2.11. The van der Waals surface area contributed by atoms with E-state index in [-0.39, 0.29) is 0 Å². The summed E-state index contributed by atoms with van der Waals surface area (Å²) in [7, 11) is 0. The van der Waals surface area contributed by atoms with E-state index in [1.807, 2.05) is 12.4 Å². The lowest BCUT2D eigenvalue weighted by Crippen LogP contribution is -2.31. The zero-order valence-electron chi connectivity index (χ0n) is 12.7. The van der Waals surface area contributed by atoms with E-state index in [4.69, 9.17) is 0 Å². The minimum absolute atomic E-state index is 0.354. The van der Waals surface area contributed by atoms with Gasteiger partial charge >= 0.3 is 0 Å². The maximum atomic E-state index is 4.34. The molecule has 6 heteroatoms. The van der Waals surface area contributed by atoms with E-state index < -0.39 is 0 Å². The Morgan fingerprint density at radius 2 is 2.05 bits per heavy atom. The standard InChI is InChI=1S/C14H24N6/c1-5-13-15-6-7-19(13)9-12(4)16-8-14-18-17-10-20(14)11(2)3/h6-7,10-12,16H,5,8-9H2,1-4H3/t12-/m1/s1. The fraction of sp³-hybridized carbons (Fsp3) is 0.643. The van der Waals surface area contributed by atoms with Gasteiger partial charge in [-0.25, -0.2) is 4.98 Å². The Hall–Kier alpha value is -1.69. The molecular formula is C14H24N6.